The van der Waals surface area contributed by atoms with Crippen molar-refractivity contribution < 1.29 is 23.8 Å². The first kappa shape index (κ1) is 20.1. The minimum absolute atomic E-state index is 0.138. The molecule has 0 aliphatic rings. The summed E-state index contributed by atoms with van der Waals surface area (Å²) in [6, 6.07) is 10.9. The lowest BCUT2D eigenvalue weighted by Crippen LogP contribution is -2.36. The molecule has 0 saturated heterocycles. The van der Waals surface area contributed by atoms with E-state index in [1.54, 1.807) is 0 Å². The number of hydrogen-bond acceptors (Lipinski definition) is 5. The summed E-state index contributed by atoms with van der Waals surface area (Å²) in [6.07, 6.45) is 0. The molecule has 0 spiro atoms. The Kier molecular flexibility index (Phi) is 7.05. The van der Waals surface area contributed by atoms with E-state index in [0.29, 0.717) is 29.4 Å². The fraction of sp³-hybridized carbons (Fsp3) is 0.300. The van der Waals surface area contributed by atoms with Gasteiger partial charge in [-0.1, -0.05) is 29.8 Å². The molecule has 2 aromatic rings. The van der Waals surface area contributed by atoms with Crippen LogP contribution in [0.25, 0.3) is 0 Å². The second-order valence-electron chi connectivity index (χ2n) is 5.86. The van der Waals surface area contributed by atoms with Crippen molar-refractivity contribution in [1.29, 1.82) is 0 Å². The molecule has 7 heteroatoms. The molecule has 0 radical (unpaired) electrons. The van der Waals surface area contributed by atoms with Gasteiger partial charge in [0.05, 0.1) is 27.9 Å². The predicted octanol–water partition coefficient (Wildman–Crippen LogP) is 2.07. The average Bonchev–Trinajstić information content (AvgIpc) is 2.70. The lowest BCUT2D eigenvalue weighted by Gasteiger charge is -2.14. The zero-order valence-electron chi connectivity index (χ0n) is 15.9. The normalized spacial score (nSPS) is 10.1. The second kappa shape index (κ2) is 9.47. The highest BCUT2D eigenvalue weighted by atomic mass is 16.5. The van der Waals surface area contributed by atoms with Gasteiger partial charge in [-0.3, -0.25) is 9.59 Å². The Labute approximate surface area is 158 Å². The van der Waals surface area contributed by atoms with E-state index in [4.69, 9.17) is 14.2 Å². The summed E-state index contributed by atoms with van der Waals surface area (Å²) in [7, 11) is 4.42. The maximum atomic E-state index is 12.4. The lowest BCUT2D eigenvalue weighted by molar-refractivity contribution is -0.120. The number of rotatable bonds is 8. The van der Waals surface area contributed by atoms with Gasteiger partial charge in [-0.25, -0.2) is 0 Å². The molecule has 27 heavy (non-hydrogen) atoms. The first-order valence-corrected chi connectivity index (χ1v) is 8.39. The molecule has 0 aromatic heterocycles. The summed E-state index contributed by atoms with van der Waals surface area (Å²) in [5.41, 5.74) is 2.45. The van der Waals surface area contributed by atoms with Crippen LogP contribution in [0.3, 0.4) is 0 Å². The van der Waals surface area contributed by atoms with E-state index < -0.39 is 5.91 Å². The molecule has 7 nitrogen and oxygen atoms in total. The van der Waals surface area contributed by atoms with Crippen LogP contribution in [0.15, 0.2) is 36.4 Å². The van der Waals surface area contributed by atoms with Crippen LogP contribution in [0.5, 0.6) is 17.2 Å². The molecule has 0 fully saturated rings. The van der Waals surface area contributed by atoms with Crippen LogP contribution in [-0.2, 0) is 11.3 Å². The molecular weight excluding hydrogens is 348 g/mol. The van der Waals surface area contributed by atoms with Crippen LogP contribution < -0.4 is 24.8 Å². The van der Waals surface area contributed by atoms with Crippen LogP contribution in [0, 0.1) is 6.92 Å². The molecule has 144 valence electrons. The maximum Gasteiger partial charge on any atom is 0.251 e. The molecule has 2 amide bonds. The SMILES string of the molecule is COc1cc(C(=O)NCC(=O)NCc2ccc(C)cc2)cc(OC)c1OC. The highest BCUT2D eigenvalue weighted by Crippen LogP contribution is 2.38. The Balaban J connectivity index is 1.94. The van der Waals surface area contributed by atoms with Gasteiger partial charge in [-0.15, -0.1) is 0 Å². The van der Waals surface area contributed by atoms with Crippen LogP contribution in [0.4, 0.5) is 0 Å². The molecule has 0 saturated carbocycles. The molecule has 0 aliphatic carbocycles. The Morgan fingerprint density at radius 2 is 1.48 bits per heavy atom. The average molecular weight is 372 g/mol. The van der Waals surface area contributed by atoms with Crippen molar-refractivity contribution in [2.24, 2.45) is 0 Å². The highest BCUT2D eigenvalue weighted by Gasteiger charge is 2.17. The van der Waals surface area contributed by atoms with Crippen molar-refractivity contribution >= 4 is 11.8 Å². The third-order valence-electron chi connectivity index (χ3n) is 3.95. The zero-order chi connectivity index (χ0) is 19.8. The Morgan fingerprint density at radius 3 is 2.00 bits per heavy atom. The van der Waals surface area contributed by atoms with E-state index in [1.165, 1.54) is 33.5 Å². The quantitative estimate of drug-likeness (QED) is 0.741. The summed E-state index contributed by atoms with van der Waals surface area (Å²) in [5.74, 6) is 0.431. The number of nitrogens with one attached hydrogen (secondary N) is 2. The van der Waals surface area contributed by atoms with E-state index in [1.807, 2.05) is 31.2 Å². The Morgan fingerprint density at radius 1 is 0.889 bits per heavy atom. The van der Waals surface area contributed by atoms with Crippen LogP contribution >= 0.6 is 0 Å². The molecule has 2 rings (SSSR count). The van der Waals surface area contributed by atoms with Gasteiger partial charge >= 0.3 is 0 Å². The van der Waals surface area contributed by atoms with E-state index in [0.717, 1.165) is 11.1 Å². The molecule has 2 aromatic carbocycles. The Hall–Kier alpha value is -3.22. The van der Waals surface area contributed by atoms with Gasteiger partial charge in [0.1, 0.15) is 0 Å². The number of hydrogen-bond donors (Lipinski definition) is 2. The van der Waals surface area contributed by atoms with Crippen molar-refractivity contribution in [1.82, 2.24) is 10.6 Å². The number of carbonyl (C=O) groups excluding carboxylic acids is 2. The largest absolute Gasteiger partial charge is 0.493 e. The number of aryl methyl sites for hydroxylation is 1. The Bertz CT molecular complexity index is 778. The van der Waals surface area contributed by atoms with Crippen molar-refractivity contribution in [2.75, 3.05) is 27.9 Å². The lowest BCUT2D eigenvalue weighted by atomic mass is 10.1. The second-order valence-corrected chi connectivity index (χ2v) is 5.86. The molecule has 0 bridgehead atoms. The van der Waals surface area contributed by atoms with Crippen molar-refractivity contribution in [3.05, 3.63) is 53.1 Å². The van der Waals surface area contributed by atoms with E-state index >= 15 is 0 Å². The predicted molar refractivity (Wildman–Crippen MR) is 101 cm³/mol. The monoisotopic (exact) mass is 372 g/mol. The fourth-order valence-corrected chi connectivity index (χ4v) is 2.44. The van der Waals surface area contributed by atoms with Crippen LogP contribution in [0.2, 0.25) is 0 Å². The number of amides is 2. The number of ether oxygens (including phenoxy) is 3. The molecular formula is C20H24N2O5. The van der Waals surface area contributed by atoms with Gasteiger partial charge < -0.3 is 24.8 Å². The third-order valence-corrected chi connectivity index (χ3v) is 3.95. The van der Waals surface area contributed by atoms with Crippen molar-refractivity contribution in [2.45, 2.75) is 13.5 Å². The molecule has 2 N–H and O–H groups in total. The minimum atomic E-state index is -0.417. The van der Waals surface area contributed by atoms with Crippen molar-refractivity contribution in [3.63, 3.8) is 0 Å². The fourth-order valence-electron chi connectivity index (χ4n) is 2.44. The van der Waals surface area contributed by atoms with Gasteiger partial charge in [0.2, 0.25) is 11.7 Å². The summed E-state index contributed by atoms with van der Waals surface area (Å²) in [5, 5.41) is 5.35. The first-order chi connectivity index (χ1) is 13.0. The first-order valence-electron chi connectivity index (χ1n) is 8.39. The standard InChI is InChI=1S/C20H24N2O5/c1-13-5-7-14(8-6-13)11-21-18(23)12-22-20(24)15-9-16(25-2)19(27-4)17(10-15)26-3/h5-10H,11-12H2,1-4H3,(H,21,23)(H,22,24). The topological polar surface area (TPSA) is 85.9 Å². The zero-order valence-corrected chi connectivity index (χ0v) is 15.9. The van der Waals surface area contributed by atoms with E-state index in [2.05, 4.69) is 10.6 Å². The van der Waals surface area contributed by atoms with Gasteiger partial charge in [0.25, 0.3) is 5.91 Å². The molecule has 0 aliphatic heterocycles. The summed E-state index contributed by atoms with van der Waals surface area (Å²) < 4.78 is 15.7. The van der Waals surface area contributed by atoms with Gasteiger partial charge in [0.15, 0.2) is 11.5 Å². The van der Waals surface area contributed by atoms with Gasteiger partial charge in [-0.2, -0.15) is 0 Å². The maximum absolute atomic E-state index is 12.4. The number of methoxy groups -OCH3 is 3. The number of benzene rings is 2. The minimum Gasteiger partial charge on any atom is -0.493 e. The van der Waals surface area contributed by atoms with Gasteiger partial charge in [-0.05, 0) is 24.6 Å². The third kappa shape index (κ3) is 5.37. The van der Waals surface area contributed by atoms with Crippen LogP contribution in [-0.4, -0.2) is 39.7 Å². The molecule has 0 unspecified atom stereocenters. The van der Waals surface area contributed by atoms with Crippen molar-refractivity contribution in [3.8, 4) is 17.2 Å². The summed E-state index contributed by atoms with van der Waals surface area (Å²) in [6.45, 7) is 2.27. The van der Waals surface area contributed by atoms with Crippen LogP contribution in [0.1, 0.15) is 21.5 Å². The van der Waals surface area contributed by atoms with E-state index in [-0.39, 0.29) is 12.5 Å². The molecule has 0 atom stereocenters. The summed E-state index contributed by atoms with van der Waals surface area (Å²) >= 11 is 0. The smallest absolute Gasteiger partial charge is 0.251 e. The van der Waals surface area contributed by atoms with Gasteiger partial charge in [0, 0.05) is 12.1 Å². The number of carbonyl (C=O) groups is 2. The summed E-state index contributed by atoms with van der Waals surface area (Å²) in [4.78, 5) is 24.3. The van der Waals surface area contributed by atoms with E-state index in [9.17, 15) is 9.59 Å². The molecule has 0 heterocycles. The highest BCUT2D eigenvalue weighted by molar-refractivity contribution is 5.97.